The molecule has 6 nitrogen and oxygen atoms in total. The van der Waals surface area contributed by atoms with Gasteiger partial charge in [0.1, 0.15) is 0 Å². The van der Waals surface area contributed by atoms with E-state index < -0.39 is 0 Å². The highest BCUT2D eigenvalue weighted by molar-refractivity contribution is 14.0. The number of nitrogens with zero attached hydrogens (tertiary/aromatic N) is 3. The van der Waals surface area contributed by atoms with E-state index in [1.165, 1.54) is 5.56 Å². The number of halogens is 1. The predicted molar refractivity (Wildman–Crippen MR) is 139 cm³/mol. The SMILES string of the molecule is CN=C(NCc1csc(CCc2ccccc2)n1)NCC1(C(=O)N(C)C)CCCC1.I. The number of thiazole rings is 1. The van der Waals surface area contributed by atoms with Crippen molar-refractivity contribution in [1.29, 1.82) is 0 Å². The van der Waals surface area contributed by atoms with Crippen molar-refractivity contribution in [3.05, 3.63) is 52.0 Å². The number of aromatic nitrogens is 1. The molecule has 1 amide bonds. The number of nitrogens with one attached hydrogen (secondary N) is 2. The first kappa shape index (κ1) is 25.6. The highest BCUT2D eigenvalue weighted by Crippen LogP contribution is 2.38. The van der Waals surface area contributed by atoms with E-state index in [2.05, 4.69) is 45.3 Å². The summed E-state index contributed by atoms with van der Waals surface area (Å²) in [5.41, 5.74) is 2.04. The second-order valence-corrected chi connectivity index (χ2v) is 9.13. The van der Waals surface area contributed by atoms with Gasteiger partial charge in [0.05, 0.1) is 22.7 Å². The van der Waals surface area contributed by atoms with Crippen LogP contribution >= 0.6 is 35.3 Å². The number of carbonyl (C=O) groups is 1. The van der Waals surface area contributed by atoms with E-state index in [9.17, 15) is 4.79 Å². The van der Waals surface area contributed by atoms with Crippen LogP contribution in [-0.4, -0.2) is 49.4 Å². The Morgan fingerprint density at radius 1 is 1.16 bits per heavy atom. The third kappa shape index (κ3) is 7.17. The number of carbonyl (C=O) groups excluding carboxylic acids is 1. The lowest BCUT2D eigenvalue weighted by atomic mass is 9.84. The van der Waals surface area contributed by atoms with Crippen LogP contribution in [-0.2, 0) is 24.2 Å². The Morgan fingerprint density at radius 2 is 1.87 bits per heavy atom. The molecule has 0 saturated heterocycles. The summed E-state index contributed by atoms with van der Waals surface area (Å²) in [7, 11) is 5.44. The molecule has 1 aromatic carbocycles. The smallest absolute Gasteiger partial charge is 0.230 e. The Kier molecular flexibility index (Phi) is 10.2. The number of hydrogen-bond acceptors (Lipinski definition) is 4. The summed E-state index contributed by atoms with van der Waals surface area (Å²) in [5, 5.41) is 9.98. The summed E-state index contributed by atoms with van der Waals surface area (Å²) >= 11 is 1.71. The Bertz CT molecular complexity index is 847. The zero-order chi connectivity index (χ0) is 21.4. The number of amides is 1. The summed E-state index contributed by atoms with van der Waals surface area (Å²) in [4.78, 5) is 23.5. The van der Waals surface area contributed by atoms with Crippen molar-refractivity contribution in [2.24, 2.45) is 10.4 Å². The lowest BCUT2D eigenvalue weighted by molar-refractivity contribution is -0.138. The van der Waals surface area contributed by atoms with Crippen LogP contribution in [0.2, 0.25) is 0 Å². The molecule has 170 valence electrons. The molecule has 0 bridgehead atoms. The van der Waals surface area contributed by atoms with Crippen molar-refractivity contribution in [3.8, 4) is 0 Å². The van der Waals surface area contributed by atoms with Gasteiger partial charge in [0.2, 0.25) is 5.91 Å². The van der Waals surface area contributed by atoms with Gasteiger partial charge in [-0.1, -0.05) is 43.2 Å². The van der Waals surface area contributed by atoms with Crippen LogP contribution < -0.4 is 10.6 Å². The molecular formula is C23H34IN5OS. The molecule has 2 N–H and O–H groups in total. The summed E-state index contributed by atoms with van der Waals surface area (Å²) < 4.78 is 0. The number of rotatable bonds is 8. The fraction of sp³-hybridized carbons (Fsp3) is 0.522. The average Bonchev–Trinajstić information content (AvgIpc) is 3.43. The second kappa shape index (κ2) is 12.4. The zero-order valence-electron chi connectivity index (χ0n) is 18.7. The van der Waals surface area contributed by atoms with E-state index in [4.69, 9.17) is 4.98 Å². The molecule has 1 fully saturated rings. The molecule has 0 radical (unpaired) electrons. The Balaban J connectivity index is 0.00000341. The van der Waals surface area contributed by atoms with Gasteiger partial charge in [-0.15, -0.1) is 35.3 Å². The van der Waals surface area contributed by atoms with E-state index in [0.29, 0.717) is 19.0 Å². The molecule has 31 heavy (non-hydrogen) atoms. The van der Waals surface area contributed by atoms with Crippen molar-refractivity contribution in [1.82, 2.24) is 20.5 Å². The molecule has 8 heteroatoms. The largest absolute Gasteiger partial charge is 0.355 e. The van der Waals surface area contributed by atoms with E-state index in [-0.39, 0.29) is 35.3 Å². The molecule has 2 aromatic rings. The van der Waals surface area contributed by atoms with E-state index in [1.807, 2.05) is 20.2 Å². The monoisotopic (exact) mass is 555 g/mol. The zero-order valence-corrected chi connectivity index (χ0v) is 21.8. The van der Waals surface area contributed by atoms with Crippen LogP contribution in [0, 0.1) is 5.41 Å². The molecule has 1 aliphatic rings. The van der Waals surface area contributed by atoms with Gasteiger partial charge in [-0.2, -0.15) is 0 Å². The maximum Gasteiger partial charge on any atom is 0.230 e. The highest BCUT2D eigenvalue weighted by Gasteiger charge is 2.42. The highest BCUT2D eigenvalue weighted by atomic mass is 127. The van der Waals surface area contributed by atoms with Gasteiger partial charge in [-0.3, -0.25) is 9.79 Å². The lowest BCUT2D eigenvalue weighted by Crippen LogP contribution is -2.49. The van der Waals surface area contributed by atoms with Crippen molar-refractivity contribution < 1.29 is 4.79 Å². The molecular weight excluding hydrogens is 521 g/mol. The summed E-state index contributed by atoms with van der Waals surface area (Å²) in [6, 6.07) is 10.5. The molecule has 0 spiro atoms. The van der Waals surface area contributed by atoms with Crippen LogP contribution in [0.25, 0.3) is 0 Å². The first-order chi connectivity index (χ1) is 14.5. The van der Waals surface area contributed by atoms with Crippen molar-refractivity contribution in [2.75, 3.05) is 27.7 Å². The second-order valence-electron chi connectivity index (χ2n) is 8.18. The van der Waals surface area contributed by atoms with Gasteiger partial charge in [0, 0.05) is 39.5 Å². The minimum atomic E-state index is -0.313. The predicted octanol–water partition coefficient (Wildman–Crippen LogP) is 3.86. The van der Waals surface area contributed by atoms with Crippen LogP contribution in [0.4, 0.5) is 0 Å². The van der Waals surface area contributed by atoms with Crippen molar-refractivity contribution >= 4 is 47.2 Å². The van der Waals surface area contributed by atoms with Crippen molar-refractivity contribution in [2.45, 2.75) is 45.1 Å². The summed E-state index contributed by atoms with van der Waals surface area (Å²) in [5.74, 6) is 0.928. The van der Waals surface area contributed by atoms with E-state index in [0.717, 1.165) is 49.2 Å². The summed E-state index contributed by atoms with van der Waals surface area (Å²) in [6.07, 6.45) is 6.05. The van der Waals surface area contributed by atoms with Gasteiger partial charge >= 0.3 is 0 Å². The Morgan fingerprint density at radius 3 is 2.52 bits per heavy atom. The molecule has 0 atom stereocenters. The minimum Gasteiger partial charge on any atom is -0.355 e. The van der Waals surface area contributed by atoms with Crippen LogP contribution in [0.1, 0.15) is 41.9 Å². The van der Waals surface area contributed by atoms with Gasteiger partial charge < -0.3 is 15.5 Å². The normalized spacial score (nSPS) is 15.3. The number of aryl methyl sites for hydroxylation is 2. The third-order valence-corrected chi connectivity index (χ3v) is 6.70. The van der Waals surface area contributed by atoms with Gasteiger partial charge in [-0.05, 0) is 24.8 Å². The Labute approximate surface area is 207 Å². The number of guanidine groups is 1. The van der Waals surface area contributed by atoms with E-state index >= 15 is 0 Å². The molecule has 0 aliphatic heterocycles. The average molecular weight is 556 g/mol. The van der Waals surface area contributed by atoms with Crippen molar-refractivity contribution in [3.63, 3.8) is 0 Å². The van der Waals surface area contributed by atoms with Crippen LogP contribution in [0.5, 0.6) is 0 Å². The maximum atomic E-state index is 12.7. The first-order valence-corrected chi connectivity index (χ1v) is 11.5. The van der Waals surface area contributed by atoms with E-state index in [1.54, 1.807) is 23.3 Å². The summed E-state index contributed by atoms with van der Waals surface area (Å²) in [6.45, 7) is 1.24. The maximum absolute atomic E-state index is 12.7. The van der Waals surface area contributed by atoms with Gasteiger partial charge in [0.15, 0.2) is 5.96 Å². The standard InChI is InChI=1S/C23H33N5OS.HI/c1-24-22(26-17-23(13-7-8-14-23)21(29)28(2)3)25-15-19-16-30-20(27-19)12-11-18-9-5-4-6-10-18;/h4-6,9-10,16H,7-8,11-15,17H2,1-3H3,(H2,24,25,26);1H. The van der Waals surface area contributed by atoms with Crippen LogP contribution in [0.3, 0.4) is 0 Å². The molecule has 1 aliphatic carbocycles. The third-order valence-electron chi connectivity index (χ3n) is 5.74. The molecule has 1 heterocycles. The fourth-order valence-corrected chi connectivity index (χ4v) is 4.88. The minimum absolute atomic E-state index is 0. The molecule has 1 aromatic heterocycles. The lowest BCUT2D eigenvalue weighted by Gasteiger charge is -2.31. The number of aliphatic imine (C=N–C) groups is 1. The fourth-order valence-electron chi connectivity index (χ4n) is 4.08. The van der Waals surface area contributed by atoms with Gasteiger partial charge in [0.25, 0.3) is 0 Å². The number of benzene rings is 1. The molecule has 3 rings (SSSR count). The molecule has 0 unspecified atom stereocenters. The Hall–Kier alpha value is -1.68. The quantitative estimate of drug-likeness (QED) is 0.295. The molecule has 1 saturated carbocycles. The van der Waals surface area contributed by atoms with Gasteiger partial charge in [-0.25, -0.2) is 4.98 Å². The topological polar surface area (TPSA) is 69.6 Å². The first-order valence-electron chi connectivity index (χ1n) is 10.7. The van der Waals surface area contributed by atoms with Crippen LogP contribution in [0.15, 0.2) is 40.7 Å². The number of hydrogen-bond donors (Lipinski definition) is 2.